The van der Waals surface area contributed by atoms with Crippen molar-refractivity contribution in [3.8, 4) is 11.8 Å². The number of fused-ring (bicyclic) bond motifs is 1. The predicted octanol–water partition coefficient (Wildman–Crippen LogP) is 2.01. The summed E-state index contributed by atoms with van der Waals surface area (Å²) in [4.78, 5) is 2.06. The van der Waals surface area contributed by atoms with Crippen LogP contribution >= 0.6 is 0 Å². The van der Waals surface area contributed by atoms with Crippen LogP contribution in [0, 0.1) is 11.3 Å². The molecule has 0 amide bonds. The number of nitrogens with zero attached hydrogens (tertiary/aromatic N) is 2. The second-order valence-electron chi connectivity index (χ2n) is 4.23. The van der Waals surface area contributed by atoms with Crippen LogP contribution in [0.4, 0.5) is 0 Å². The van der Waals surface area contributed by atoms with Gasteiger partial charge in [-0.3, -0.25) is 4.90 Å². The number of hydrogen-bond donors (Lipinski definition) is 0. The Morgan fingerprint density at radius 2 is 2.31 bits per heavy atom. The number of benzene rings is 1. The highest BCUT2D eigenvalue weighted by atomic mass is 16.5. The van der Waals surface area contributed by atoms with Gasteiger partial charge in [0.15, 0.2) is 0 Å². The van der Waals surface area contributed by atoms with Gasteiger partial charge in [-0.15, -0.1) is 0 Å². The summed E-state index contributed by atoms with van der Waals surface area (Å²) in [6.45, 7) is 2.19. The number of hydrogen-bond acceptors (Lipinski definition) is 3. The van der Waals surface area contributed by atoms with Crippen molar-refractivity contribution in [2.24, 2.45) is 0 Å². The average molecular weight is 216 g/mol. The Balaban J connectivity index is 2.10. The topological polar surface area (TPSA) is 36.3 Å². The first-order chi connectivity index (χ1) is 7.81. The molecule has 2 rings (SSSR count). The fourth-order valence-corrected chi connectivity index (χ4v) is 2.17. The van der Waals surface area contributed by atoms with Gasteiger partial charge in [0.25, 0.3) is 0 Å². The maximum absolute atomic E-state index is 8.65. The smallest absolute Gasteiger partial charge is 0.122 e. The quantitative estimate of drug-likeness (QED) is 0.725. The normalized spacial score (nSPS) is 18.7. The third-order valence-corrected chi connectivity index (χ3v) is 2.96. The first-order valence-electron chi connectivity index (χ1n) is 5.58. The summed E-state index contributed by atoms with van der Waals surface area (Å²) in [5.74, 6) is 1.49. The standard InChI is InChI=1S/C13H16N2O/c1-15(8-7-14)10-11-6-9-16-13-5-3-2-4-12(11)13/h2-5,11H,6,8-10H2,1H3. The van der Waals surface area contributed by atoms with Gasteiger partial charge in [0, 0.05) is 12.5 Å². The molecule has 1 atom stereocenters. The molecule has 1 aliphatic heterocycles. The Hall–Kier alpha value is -1.53. The fourth-order valence-electron chi connectivity index (χ4n) is 2.17. The molecule has 3 nitrogen and oxygen atoms in total. The molecule has 1 aromatic carbocycles. The molecule has 1 aliphatic rings. The van der Waals surface area contributed by atoms with Crippen LogP contribution in [-0.4, -0.2) is 31.6 Å². The molecule has 84 valence electrons. The van der Waals surface area contributed by atoms with Gasteiger partial charge in [0.2, 0.25) is 0 Å². The van der Waals surface area contributed by atoms with Gasteiger partial charge < -0.3 is 4.74 Å². The first kappa shape index (κ1) is 11.0. The summed E-state index contributed by atoms with van der Waals surface area (Å²) in [7, 11) is 1.99. The van der Waals surface area contributed by atoms with E-state index in [1.165, 1.54) is 5.56 Å². The van der Waals surface area contributed by atoms with Crippen molar-refractivity contribution in [1.29, 1.82) is 5.26 Å². The summed E-state index contributed by atoms with van der Waals surface area (Å²) in [5.41, 5.74) is 1.28. The van der Waals surface area contributed by atoms with Crippen LogP contribution in [0.5, 0.6) is 5.75 Å². The number of likely N-dealkylation sites (N-methyl/N-ethyl adjacent to an activating group) is 1. The summed E-state index contributed by atoms with van der Waals surface area (Å²) in [6, 6.07) is 10.4. The molecular weight excluding hydrogens is 200 g/mol. The Labute approximate surface area is 96.2 Å². The monoisotopic (exact) mass is 216 g/mol. The molecule has 0 radical (unpaired) electrons. The molecule has 0 saturated carbocycles. The molecule has 0 bridgehead atoms. The van der Waals surface area contributed by atoms with E-state index < -0.39 is 0 Å². The van der Waals surface area contributed by atoms with E-state index in [4.69, 9.17) is 10.00 Å². The SMILES string of the molecule is CN(CC#N)CC1CCOc2ccccc21. The predicted molar refractivity (Wildman–Crippen MR) is 62.4 cm³/mol. The van der Waals surface area contributed by atoms with Gasteiger partial charge >= 0.3 is 0 Å². The minimum atomic E-state index is 0.486. The van der Waals surface area contributed by atoms with Crippen LogP contribution in [0.25, 0.3) is 0 Å². The lowest BCUT2D eigenvalue weighted by molar-refractivity contribution is 0.239. The van der Waals surface area contributed by atoms with Gasteiger partial charge in [-0.2, -0.15) is 5.26 Å². The zero-order valence-corrected chi connectivity index (χ0v) is 9.52. The second-order valence-corrected chi connectivity index (χ2v) is 4.23. The molecule has 3 heteroatoms. The molecule has 16 heavy (non-hydrogen) atoms. The minimum Gasteiger partial charge on any atom is -0.493 e. The number of para-hydroxylation sites is 1. The molecule has 1 aromatic rings. The lowest BCUT2D eigenvalue weighted by Gasteiger charge is -2.28. The zero-order valence-electron chi connectivity index (χ0n) is 9.52. The lowest BCUT2D eigenvalue weighted by Crippen LogP contribution is -2.28. The van der Waals surface area contributed by atoms with Crippen molar-refractivity contribution < 1.29 is 4.74 Å². The molecule has 0 N–H and O–H groups in total. The van der Waals surface area contributed by atoms with Crippen molar-refractivity contribution in [3.05, 3.63) is 29.8 Å². The maximum Gasteiger partial charge on any atom is 0.122 e. The molecule has 0 saturated heterocycles. The summed E-state index contributed by atoms with van der Waals surface area (Å²) in [6.07, 6.45) is 1.03. The Morgan fingerprint density at radius 1 is 1.50 bits per heavy atom. The molecule has 1 heterocycles. The van der Waals surface area contributed by atoms with Crippen molar-refractivity contribution >= 4 is 0 Å². The first-order valence-corrected chi connectivity index (χ1v) is 5.58. The second kappa shape index (κ2) is 5.00. The van der Waals surface area contributed by atoms with Gasteiger partial charge in [-0.05, 0) is 25.1 Å². The Bertz CT molecular complexity index is 397. The van der Waals surface area contributed by atoms with E-state index >= 15 is 0 Å². The third-order valence-electron chi connectivity index (χ3n) is 2.96. The summed E-state index contributed by atoms with van der Waals surface area (Å²) < 4.78 is 5.61. The third kappa shape index (κ3) is 2.34. The summed E-state index contributed by atoms with van der Waals surface area (Å²) in [5, 5.41) is 8.65. The van der Waals surface area contributed by atoms with E-state index in [0.29, 0.717) is 12.5 Å². The van der Waals surface area contributed by atoms with Crippen LogP contribution < -0.4 is 4.74 Å². The van der Waals surface area contributed by atoms with E-state index in [2.05, 4.69) is 17.0 Å². The molecule has 0 spiro atoms. The van der Waals surface area contributed by atoms with Gasteiger partial charge in [0.05, 0.1) is 19.2 Å². The van der Waals surface area contributed by atoms with E-state index in [-0.39, 0.29) is 0 Å². The van der Waals surface area contributed by atoms with Crippen molar-refractivity contribution in [2.75, 3.05) is 26.7 Å². The van der Waals surface area contributed by atoms with Crippen LogP contribution in [-0.2, 0) is 0 Å². The highest BCUT2D eigenvalue weighted by molar-refractivity contribution is 5.37. The number of rotatable bonds is 3. The van der Waals surface area contributed by atoms with E-state index in [1.807, 2.05) is 25.2 Å². The average Bonchev–Trinajstić information content (AvgIpc) is 2.30. The highest BCUT2D eigenvalue weighted by Gasteiger charge is 2.21. The van der Waals surface area contributed by atoms with Crippen molar-refractivity contribution in [1.82, 2.24) is 4.90 Å². The highest BCUT2D eigenvalue weighted by Crippen LogP contribution is 2.33. The van der Waals surface area contributed by atoms with Gasteiger partial charge in [0.1, 0.15) is 5.75 Å². The van der Waals surface area contributed by atoms with Crippen LogP contribution in [0.2, 0.25) is 0 Å². The van der Waals surface area contributed by atoms with Gasteiger partial charge in [-0.1, -0.05) is 18.2 Å². The van der Waals surface area contributed by atoms with Gasteiger partial charge in [-0.25, -0.2) is 0 Å². The van der Waals surface area contributed by atoms with E-state index in [1.54, 1.807) is 0 Å². The fraction of sp³-hybridized carbons (Fsp3) is 0.462. The Kier molecular flexibility index (Phi) is 3.43. The Morgan fingerprint density at radius 3 is 3.12 bits per heavy atom. The van der Waals surface area contributed by atoms with Crippen LogP contribution in [0.1, 0.15) is 17.9 Å². The number of ether oxygens (including phenoxy) is 1. The van der Waals surface area contributed by atoms with Crippen molar-refractivity contribution in [2.45, 2.75) is 12.3 Å². The van der Waals surface area contributed by atoms with Crippen LogP contribution in [0.3, 0.4) is 0 Å². The van der Waals surface area contributed by atoms with E-state index in [9.17, 15) is 0 Å². The minimum absolute atomic E-state index is 0.486. The molecule has 1 unspecified atom stereocenters. The van der Waals surface area contributed by atoms with Crippen LogP contribution in [0.15, 0.2) is 24.3 Å². The molecule has 0 fully saturated rings. The lowest BCUT2D eigenvalue weighted by atomic mass is 9.93. The number of nitriles is 1. The maximum atomic E-state index is 8.65. The van der Waals surface area contributed by atoms with E-state index in [0.717, 1.165) is 25.3 Å². The summed E-state index contributed by atoms with van der Waals surface area (Å²) >= 11 is 0. The molecule has 0 aromatic heterocycles. The zero-order chi connectivity index (χ0) is 11.4. The largest absolute Gasteiger partial charge is 0.493 e. The molecular formula is C13H16N2O. The van der Waals surface area contributed by atoms with Crippen molar-refractivity contribution in [3.63, 3.8) is 0 Å². The molecule has 0 aliphatic carbocycles.